The van der Waals surface area contributed by atoms with Crippen molar-refractivity contribution >= 4 is 5.91 Å². The molecule has 118 valence electrons. The van der Waals surface area contributed by atoms with Gasteiger partial charge in [-0.1, -0.05) is 36.4 Å². The minimum Gasteiger partial charge on any atom is -0.490 e. The van der Waals surface area contributed by atoms with Crippen molar-refractivity contribution in [2.45, 2.75) is 13.0 Å². The lowest BCUT2D eigenvalue weighted by Gasteiger charge is -2.12. The van der Waals surface area contributed by atoms with Crippen molar-refractivity contribution in [3.8, 4) is 17.6 Å². The predicted molar refractivity (Wildman–Crippen MR) is 86.0 cm³/mol. The third-order valence-corrected chi connectivity index (χ3v) is 3.04. The largest absolute Gasteiger partial charge is 0.490 e. The highest BCUT2D eigenvalue weighted by molar-refractivity contribution is 5.78. The molecule has 2 aromatic rings. The maximum atomic E-state index is 11.4. The molecule has 2 aromatic carbocycles. The molecule has 0 fully saturated rings. The zero-order valence-corrected chi connectivity index (χ0v) is 12.7. The first-order valence-corrected chi connectivity index (χ1v) is 7.32. The number of rotatable bonds is 8. The third kappa shape index (κ3) is 5.71. The summed E-state index contributed by atoms with van der Waals surface area (Å²) in [7, 11) is 0. The van der Waals surface area contributed by atoms with Crippen LogP contribution in [0.15, 0.2) is 54.6 Å². The molecule has 0 heterocycles. The van der Waals surface area contributed by atoms with Gasteiger partial charge in [-0.2, -0.15) is 5.26 Å². The molecule has 0 saturated heterocycles. The zero-order chi connectivity index (χ0) is 16.3. The van der Waals surface area contributed by atoms with Crippen molar-refractivity contribution in [2.24, 2.45) is 0 Å². The molecule has 0 aliphatic heterocycles. The van der Waals surface area contributed by atoms with Gasteiger partial charge in [0.15, 0.2) is 0 Å². The Labute approximate surface area is 135 Å². The van der Waals surface area contributed by atoms with E-state index in [0.29, 0.717) is 25.5 Å². The predicted octanol–water partition coefficient (Wildman–Crippen LogP) is 2.67. The fourth-order valence-electron chi connectivity index (χ4n) is 1.95. The Morgan fingerprint density at radius 3 is 2.48 bits per heavy atom. The quantitative estimate of drug-likeness (QED) is 0.761. The van der Waals surface area contributed by atoms with Gasteiger partial charge in [0.2, 0.25) is 5.91 Å². The summed E-state index contributed by atoms with van der Waals surface area (Å²) >= 11 is 0. The minimum atomic E-state index is -0.297. The van der Waals surface area contributed by atoms with Gasteiger partial charge in [0.25, 0.3) is 0 Å². The number of hydrogen-bond donors (Lipinski definition) is 1. The molecule has 2 rings (SSSR count). The first kappa shape index (κ1) is 16.4. The van der Waals surface area contributed by atoms with Crippen molar-refractivity contribution in [3.63, 3.8) is 0 Å². The van der Waals surface area contributed by atoms with Crippen molar-refractivity contribution < 1.29 is 14.3 Å². The summed E-state index contributed by atoms with van der Waals surface area (Å²) in [4.78, 5) is 11.4. The van der Waals surface area contributed by atoms with Crippen LogP contribution in [0.25, 0.3) is 0 Å². The summed E-state index contributed by atoms with van der Waals surface area (Å²) in [5.74, 6) is 1.20. The van der Waals surface area contributed by atoms with Gasteiger partial charge < -0.3 is 14.8 Å². The number of amides is 1. The van der Waals surface area contributed by atoms with E-state index in [4.69, 9.17) is 14.7 Å². The minimum absolute atomic E-state index is 0.145. The number of nitrogens with zero attached hydrogens (tertiary/aromatic N) is 1. The average Bonchev–Trinajstić information content (AvgIpc) is 2.59. The van der Waals surface area contributed by atoms with Gasteiger partial charge in [-0.15, -0.1) is 0 Å². The van der Waals surface area contributed by atoms with E-state index in [0.717, 1.165) is 11.3 Å². The van der Waals surface area contributed by atoms with Crippen LogP contribution in [0.3, 0.4) is 0 Å². The molecule has 0 atom stereocenters. The number of para-hydroxylation sites is 2. The summed E-state index contributed by atoms with van der Waals surface area (Å²) in [6, 6.07) is 18.8. The number of carbonyl (C=O) groups excluding carboxylic acids is 1. The van der Waals surface area contributed by atoms with E-state index in [-0.39, 0.29) is 12.3 Å². The number of benzene rings is 2. The topological polar surface area (TPSA) is 71.4 Å². The van der Waals surface area contributed by atoms with Crippen molar-refractivity contribution in [1.29, 1.82) is 5.26 Å². The van der Waals surface area contributed by atoms with Crippen LogP contribution < -0.4 is 14.8 Å². The molecule has 5 heteroatoms. The van der Waals surface area contributed by atoms with Gasteiger partial charge in [0, 0.05) is 12.1 Å². The van der Waals surface area contributed by atoms with Crippen molar-refractivity contribution in [3.05, 3.63) is 60.2 Å². The van der Waals surface area contributed by atoms with Gasteiger partial charge in [-0.25, -0.2) is 0 Å². The zero-order valence-electron chi connectivity index (χ0n) is 12.7. The van der Waals surface area contributed by atoms with E-state index in [1.54, 1.807) is 0 Å². The molecule has 0 aromatic heterocycles. The summed E-state index contributed by atoms with van der Waals surface area (Å²) < 4.78 is 11.3. The highest BCUT2D eigenvalue weighted by Crippen LogP contribution is 2.17. The van der Waals surface area contributed by atoms with Crippen LogP contribution in [-0.4, -0.2) is 19.1 Å². The molecular weight excluding hydrogens is 292 g/mol. The first-order chi connectivity index (χ1) is 11.3. The van der Waals surface area contributed by atoms with Crippen molar-refractivity contribution in [1.82, 2.24) is 5.32 Å². The second-order valence-electron chi connectivity index (χ2n) is 4.73. The number of ether oxygens (including phenoxy) is 2. The second-order valence-corrected chi connectivity index (χ2v) is 4.73. The van der Waals surface area contributed by atoms with Crippen LogP contribution in [0.5, 0.6) is 11.5 Å². The van der Waals surface area contributed by atoms with Gasteiger partial charge in [0.05, 0.1) is 6.07 Å². The van der Waals surface area contributed by atoms with Gasteiger partial charge in [-0.05, 0) is 18.2 Å². The molecule has 0 radical (unpaired) electrons. The van der Waals surface area contributed by atoms with E-state index in [9.17, 15) is 4.79 Å². The Hall–Kier alpha value is -3.00. The maximum Gasteiger partial charge on any atom is 0.234 e. The standard InChI is InChI=1S/C18H18N2O3/c19-11-10-18(21)20-14-15-6-4-5-9-17(15)23-13-12-22-16-7-2-1-3-8-16/h1-9H,10,12-14H2,(H,20,21). The number of hydrogen-bond acceptors (Lipinski definition) is 4. The number of carbonyl (C=O) groups is 1. The average molecular weight is 310 g/mol. The molecule has 23 heavy (non-hydrogen) atoms. The monoisotopic (exact) mass is 310 g/mol. The van der Waals surface area contributed by atoms with E-state index in [2.05, 4.69) is 5.32 Å². The summed E-state index contributed by atoms with van der Waals surface area (Å²) in [5, 5.41) is 11.2. The summed E-state index contributed by atoms with van der Waals surface area (Å²) in [6.45, 7) is 1.16. The van der Waals surface area contributed by atoms with E-state index < -0.39 is 0 Å². The van der Waals surface area contributed by atoms with Crippen LogP contribution in [0.4, 0.5) is 0 Å². The van der Waals surface area contributed by atoms with Gasteiger partial charge in [0.1, 0.15) is 31.1 Å². The van der Waals surface area contributed by atoms with Crippen LogP contribution in [0.2, 0.25) is 0 Å². The molecule has 0 saturated carbocycles. The van der Waals surface area contributed by atoms with E-state index >= 15 is 0 Å². The molecule has 0 spiro atoms. The molecule has 1 N–H and O–H groups in total. The Morgan fingerprint density at radius 2 is 1.70 bits per heavy atom. The van der Waals surface area contributed by atoms with E-state index in [1.807, 2.05) is 60.7 Å². The van der Waals surface area contributed by atoms with Crippen molar-refractivity contribution in [2.75, 3.05) is 13.2 Å². The smallest absolute Gasteiger partial charge is 0.234 e. The Bertz CT molecular complexity index is 665. The third-order valence-electron chi connectivity index (χ3n) is 3.04. The SMILES string of the molecule is N#CCC(=O)NCc1ccccc1OCCOc1ccccc1. The fourth-order valence-corrected chi connectivity index (χ4v) is 1.95. The molecule has 0 aliphatic rings. The molecule has 0 unspecified atom stereocenters. The number of nitrogens with one attached hydrogen (secondary N) is 1. The lowest BCUT2D eigenvalue weighted by Crippen LogP contribution is -2.22. The normalized spacial score (nSPS) is 9.70. The van der Waals surface area contributed by atoms with E-state index in [1.165, 1.54) is 0 Å². The molecule has 5 nitrogen and oxygen atoms in total. The van der Waals surface area contributed by atoms with Crippen LogP contribution in [0.1, 0.15) is 12.0 Å². The summed E-state index contributed by atoms with van der Waals surface area (Å²) in [6.07, 6.45) is -0.145. The van der Waals surface area contributed by atoms with Gasteiger partial charge >= 0.3 is 0 Å². The Balaban J connectivity index is 1.80. The Kier molecular flexibility index (Phi) is 6.48. The molecule has 0 aliphatic carbocycles. The second kappa shape index (κ2) is 9.11. The first-order valence-electron chi connectivity index (χ1n) is 7.32. The molecule has 1 amide bonds. The van der Waals surface area contributed by atoms with Crippen LogP contribution in [0, 0.1) is 11.3 Å². The highest BCUT2D eigenvalue weighted by atomic mass is 16.5. The van der Waals surface area contributed by atoms with Crippen LogP contribution in [-0.2, 0) is 11.3 Å². The lowest BCUT2D eigenvalue weighted by atomic mass is 10.2. The Morgan fingerprint density at radius 1 is 1.00 bits per heavy atom. The highest BCUT2D eigenvalue weighted by Gasteiger charge is 2.05. The van der Waals surface area contributed by atoms with Crippen LogP contribution >= 0.6 is 0 Å². The summed E-state index contributed by atoms with van der Waals surface area (Å²) in [5.41, 5.74) is 0.860. The lowest BCUT2D eigenvalue weighted by molar-refractivity contribution is -0.120. The molecular formula is C18H18N2O3. The maximum absolute atomic E-state index is 11.4. The number of nitriles is 1. The van der Waals surface area contributed by atoms with Gasteiger partial charge in [-0.3, -0.25) is 4.79 Å². The fraction of sp³-hybridized carbons (Fsp3) is 0.222. The molecule has 0 bridgehead atoms.